The van der Waals surface area contributed by atoms with Gasteiger partial charge < -0.3 is 9.84 Å². The summed E-state index contributed by atoms with van der Waals surface area (Å²) in [6.45, 7) is 1.88. The van der Waals surface area contributed by atoms with E-state index in [-0.39, 0.29) is 11.6 Å². The number of methoxy groups -OCH3 is 1. The smallest absolute Gasteiger partial charge is 0.165 e. The molecule has 0 aromatic heterocycles. The van der Waals surface area contributed by atoms with Crippen molar-refractivity contribution in [2.45, 2.75) is 51.0 Å². The minimum atomic E-state index is -0.749. The van der Waals surface area contributed by atoms with Crippen molar-refractivity contribution < 1.29 is 14.2 Å². The van der Waals surface area contributed by atoms with Crippen molar-refractivity contribution in [1.29, 1.82) is 0 Å². The summed E-state index contributed by atoms with van der Waals surface area (Å²) < 4.78 is 18.6. The number of ether oxygens (including phenoxy) is 1. The van der Waals surface area contributed by atoms with Gasteiger partial charge in [-0.2, -0.15) is 0 Å². The van der Waals surface area contributed by atoms with E-state index in [1.165, 1.54) is 32.4 Å². The fourth-order valence-corrected chi connectivity index (χ4v) is 3.10. The zero-order valence-electron chi connectivity index (χ0n) is 11.8. The number of halogens is 1. The van der Waals surface area contributed by atoms with Crippen molar-refractivity contribution in [3.8, 4) is 5.75 Å². The lowest BCUT2D eigenvalue weighted by atomic mass is 9.75. The monoisotopic (exact) mass is 266 g/mol. The van der Waals surface area contributed by atoms with Crippen LogP contribution in [-0.2, 0) is 6.42 Å². The molecular weight excluding hydrogens is 243 g/mol. The molecule has 1 aromatic carbocycles. The normalized spacial score (nSPS) is 20.0. The molecular formula is C16H23FO2. The molecule has 1 aromatic rings. The first-order valence-electron chi connectivity index (χ1n) is 7.08. The van der Waals surface area contributed by atoms with Gasteiger partial charge in [0.25, 0.3) is 0 Å². The van der Waals surface area contributed by atoms with Crippen molar-refractivity contribution in [3.05, 3.63) is 29.6 Å². The highest BCUT2D eigenvalue weighted by Gasteiger charge is 2.32. The Balaban J connectivity index is 2.08. The van der Waals surface area contributed by atoms with Gasteiger partial charge in [0.1, 0.15) is 0 Å². The summed E-state index contributed by atoms with van der Waals surface area (Å²) in [5, 5.41) is 10.7. The van der Waals surface area contributed by atoms with Crippen LogP contribution in [0.2, 0.25) is 0 Å². The SMILES string of the molecule is COc1ccc(CC(C)(O)C2CCCCC2)cc1F. The highest BCUT2D eigenvalue weighted by Crippen LogP contribution is 2.35. The summed E-state index contributed by atoms with van der Waals surface area (Å²) in [4.78, 5) is 0. The van der Waals surface area contributed by atoms with Crippen LogP contribution in [-0.4, -0.2) is 17.8 Å². The van der Waals surface area contributed by atoms with Crippen LogP contribution < -0.4 is 4.74 Å². The van der Waals surface area contributed by atoms with Crippen LogP contribution >= 0.6 is 0 Å². The second-order valence-electron chi connectivity index (χ2n) is 5.84. The number of hydrogen-bond acceptors (Lipinski definition) is 2. The molecule has 1 atom stereocenters. The van der Waals surface area contributed by atoms with E-state index in [9.17, 15) is 9.50 Å². The predicted molar refractivity (Wildman–Crippen MR) is 73.9 cm³/mol. The van der Waals surface area contributed by atoms with Crippen molar-refractivity contribution in [2.75, 3.05) is 7.11 Å². The van der Waals surface area contributed by atoms with Gasteiger partial charge in [0.2, 0.25) is 0 Å². The van der Waals surface area contributed by atoms with Crippen LogP contribution in [0.3, 0.4) is 0 Å². The van der Waals surface area contributed by atoms with Gasteiger partial charge in [-0.05, 0) is 43.4 Å². The third kappa shape index (κ3) is 3.47. The first-order chi connectivity index (χ1) is 9.03. The number of aliphatic hydroxyl groups is 1. The summed E-state index contributed by atoms with van der Waals surface area (Å²) in [5.41, 5.74) is 0.0791. The average molecular weight is 266 g/mol. The Labute approximate surface area is 114 Å². The third-order valence-electron chi connectivity index (χ3n) is 4.26. The van der Waals surface area contributed by atoms with Crippen LogP contribution in [0.25, 0.3) is 0 Å². The van der Waals surface area contributed by atoms with Gasteiger partial charge in [-0.25, -0.2) is 4.39 Å². The van der Waals surface area contributed by atoms with E-state index < -0.39 is 5.60 Å². The van der Waals surface area contributed by atoms with Crippen LogP contribution in [0.15, 0.2) is 18.2 Å². The van der Waals surface area contributed by atoms with Crippen LogP contribution in [0.5, 0.6) is 5.75 Å². The lowest BCUT2D eigenvalue weighted by molar-refractivity contribution is -0.0160. The molecule has 19 heavy (non-hydrogen) atoms. The van der Waals surface area contributed by atoms with Crippen LogP contribution in [0.1, 0.15) is 44.6 Å². The maximum atomic E-state index is 13.7. The predicted octanol–water partition coefficient (Wildman–Crippen LogP) is 3.71. The molecule has 0 heterocycles. The second kappa shape index (κ2) is 5.91. The van der Waals surface area contributed by atoms with Gasteiger partial charge in [0, 0.05) is 6.42 Å². The molecule has 1 fully saturated rings. The quantitative estimate of drug-likeness (QED) is 0.900. The van der Waals surface area contributed by atoms with Crippen LogP contribution in [0.4, 0.5) is 4.39 Å². The molecule has 1 N–H and O–H groups in total. The summed E-state index contributed by atoms with van der Waals surface area (Å²) in [7, 11) is 1.45. The second-order valence-corrected chi connectivity index (χ2v) is 5.84. The lowest BCUT2D eigenvalue weighted by Crippen LogP contribution is -2.38. The van der Waals surface area contributed by atoms with Gasteiger partial charge in [-0.3, -0.25) is 0 Å². The summed E-state index contributed by atoms with van der Waals surface area (Å²) in [6.07, 6.45) is 6.30. The molecule has 0 saturated heterocycles. The molecule has 1 aliphatic rings. The average Bonchev–Trinajstić information content (AvgIpc) is 2.39. The van der Waals surface area contributed by atoms with E-state index in [1.807, 2.05) is 13.0 Å². The van der Waals surface area contributed by atoms with E-state index in [1.54, 1.807) is 6.07 Å². The van der Waals surface area contributed by atoms with E-state index in [4.69, 9.17) is 4.74 Å². The van der Waals surface area contributed by atoms with Crippen molar-refractivity contribution in [2.24, 2.45) is 5.92 Å². The third-order valence-corrected chi connectivity index (χ3v) is 4.26. The van der Waals surface area contributed by atoms with Gasteiger partial charge in [-0.1, -0.05) is 25.3 Å². The Morgan fingerprint density at radius 1 is 1.32 bits per heavy atom. The Kier molecular flexibility index (Phi) is 4.46. The minimum Gasteiger partial charge on any atom is -0.494 e. The highest BCUT2D eigenvalue weighted by atomic mass is 19.1. The lowest BCUT2D eigenvalue weighted by Gasteiger charge is -2.35. The van der Waals surface area contributed by atoms with Gasteiger partial charge in [0.15, 0.2) is 11.6 Å². The summed E-state index contributed by atoms with van der Waals surface area (Å²) >= 11 is 0. The number of hydrogen-bond donors (Lipinski definition) is 1. The summed E-state index contributed by atoms with van der Waals surface area (Å²) in [6, 6.07) is 4.93. The van der Waals surface area contributed by atoms with E-state index in [0.29, 0.717) is 12.3 Å². The minimum absolute atomic E-state index is 0.251. The largest absolute Gasteiger partial charge is 0.494 e. The zero-order valence-corrected chi connectivity index (χ0v) is 11.8. The molecule has 1 saturated carbocycles. The molecule has 0 bridgehead atoms. The van der Waals surface area contributed by atoms with Gasteiger partial charge >= 0.3 is 0 Å². The first kappa shape index (κ1) is 14.3. The van der Waals surface area contributed by atoms with Gasteiger partial charge in [0.05, 0.1) is 12.7 Å². The molecule has 106 valence electrons. The van der Waals surface area contributed by atoms with E-state index in [0.717, 1.165) is 18.4 Å². The van der Waals surface area contributed by atoms with Crippen molar-refractivity contribution in [3.63, 3.8) is 0 Å². The van der Waals surface area contributed by atoms with Crippen LogP contribution in [0, 0.1) is 11.7 Å². The topological polar surface area (TPSA) is 29.5 Å². The Hall–Kier alpha value is -1.09. The molecule has 0 amide bonds. The van der Waals surface area contributed by atoms with Crippen molar-refractivity contribution >= 4 is 0 Å². The first-order valence-corrected chi connectivity index (χ1v) is 7.08. The molecule has 1 aliphatic carbocycles. The van der Waals surface area contributed by atoms with E-state index in [2.05, 4.69) is 0 Å². The molecule has 2 rings (SSSR count). The Morgan fingerprint density at radius 2 is 2.00 bits per heavy atom. The fourth-order valence-electron chi connectivity index (χ4n) is 3.10. The molecule has 2 nitrogen and oxygen atoms in total. The molecule has 0 spiro atoms. The maximum absolute atomic E-state index is 13.7. The molecule has 3 heteroatoms. The van der Waals surface area contributed by atoms with Gasteiger partial charge in [-0.15, -0.1) is 0 Å². The van der Waals surface area contributed by atoms with E-state index >= 15 is 0 Å². The number of benzene rings is 1. The standard InChI is InChI=1S/C16H23FO2/c1-16(18,13-6-4-3-5-7-13)11-12-8-9-15(19-2)14(17)10-12/h8-10,13,18H,3-7,11H2,1-2H3. The molecule has 0 aliphatic heterocycles. The number of rotatable bonds is 4. The molecule has 0 radical (unpaired) electrons. The zero-order chi connectivity index (χ0) is 13.9. The Morgan fingerprint density at radius 3 is 2.58 bits per heavy atom. The highest BCUT2D eigenvalue weighted by molar-refractivity contribution is 5.30. The summed E-state index contributed by atoms with van der Waals surface area (Å²) in [5.74, 6) is 0.215. The molecule has 1 unspecified atom stereocenters. The Bertz CT molecular complexity index is 423. The van der Waals surface area contributed by atoms with Crippen molar-refractivity contribution in [1.82, 2.24) is 0 Å². The maximum Gasteiger partial charge on any atom is 0.165 e. The fraction of sp³-hybridized carbons (Fsp3) is 0.625.